The molecule has 0 aromatic heterocycles. The van der Waals surface area contributed by atoms with Crippen molar-refractivity contribution in [2.45, 2.75) is 65.0 Å². The van der Waals surface area contributed by atoms with Crippen LogP contribution < -0.4 is 14.8 Å². The minimum atomic E-state index is -0.468. The van der Waals surface area contributed by atoms with Gasteiger partial charge in [-0.05, 0) is 37.0 Å². The van der Waals surface area contributed by atoms with Gasteiger partial charge in [0.05, 0.1) is 13.2 Å². The molecule has 0 bridgehead atoms. The van der Waals surface area contributed by atoms with Gasteiger partial charge < -0.3 is 19.9 Å². The minimum Gasteiger partial charge on any atom is -0.497 e. The monoisotopic (exact) mass is 324 g/mol. The molecule has 1 rings (SSSR count). The molecule has 0 amide bonds. The first kappa shape index (κ1) is 19.8. The van der Waals surface area contributed by atoms with Gasteiger partial charge in [-0.1, -0.05) is 34.1 Å². The number of rotatable bonds is 9. The number of hydrogen-bond donors (Lipinski definition) is 2. The van der Waals surface area contributed by atoms with E-state index in [0.717, 1.165) is 17.1 Å². The predicted octanol–water partition coefficient (Wildman–Crippen LogP) is 2.48. The van der Waals surface area contributed by atoms with Crippen LogP contribution in [0.5, 0.6) is 11.5 Å². The molecule has 0 heterocycles. The van der Waals surface area contributed by atoms with Crippen molar-refractivity contribution in [2.75, 3.05) is 20.3 Å². The molecule has 3 N–H and O–H groups in total. The summed E-state index contributed by atoms with van der Waals surface area (Å²) >= 11 is 0. The minimum absolute atomic E-state index is 0.0450. The molecule has 0 aliphatic rings. The number of aliphatic hydroxyl groups excluding tert-OH is 1. The van der Waals surface area contributed by atoms with E-state index >= 15 is 0 Å². The van der Waals surface area contributed by atoms with Crippen LogP contribution in [0.1, 0.15) is 53.0 Å². The van der Waals surface area contributed by atoms with E-state index in [2.05, 4.69) is 39.9 Å². The first-order valence-corrected chi connectivity index (χ1v) is 8.60. The normalized spacial score (nSPS) is 14.4. The molecular weight excluding hydrogens is 290 g/mol. The third-order valence-corrected chi connectivity index (χ3v) is 3.98. The highest BCUT2D eigenvalue weighted by Gasteiger charge is 2.21. The average Bonchev–Trinajstić information content (AvgIpc) is 2.50. The van der Waals surface area contributed by atoms with E-state index in [0.29, 0.717) is 19.2 Å². The molecule has 0 saturated carbocycles. The first-order chi connectivity index (χ1) is 10.8. The van der Waals surface area contributed by atoms with Crippen LogP contribution in [0.2, 0.25) is 0 Å². The summed E-state index contributed by atoms with van der Waals surface area (Å²) in [4.78, 5) is 0. The molecule has 4 heteroatoms. The van der Waals surface area contributed by atoms with E-state index in [-0.39, 0.29) is 5.41 Å². The van der Waals surface area contributed by atoms with Gasteiger partial charge in [0.25, 0.3) is 0 Å². The van der Waals surface area contributed by atoms with Crippen molar-refractivity contribution in [2.24, 2.45) is 0 Å². The van der Waals surface area contributed by atoms with Crippen molar-refractivity contribution in [3.05, 3.63) is 23.8 Å². The Balaban J connectivity index is 2.63. The van der Waals surface area contributed by atoms with Crippen molar-refractivity contribution < 1.29 is 19.9 Å². The summed E-state index contributed by atoms with van der Waals surface area (Å²) in [6.07, 6.45) is 1.87. The predicted molar refractivity (Wildman–Crippen MR) is 94.4 cm³/mol. The molecule has 132 valence electrons. The Morgan fingerprint density at radius 2 is 1.96 bits per heavy atom. The Kier molecular flexibility index (Phi) is 7.86. The van der Waals surface area contributed by atoms with Gasteiger partial charge in [0.2, 0.25) is 0 Å². The number of ether oxygens (including phenoxy) is 2. The SMILES string of the molecule is CCC[C@H](C)[NH2+]C[C@H](O)COc1ccc(OC)cc1C(C)(C)C. The third-order valence-electron chi connectivity index (χ3n) is 3.98. The Morgan fingerprint density at radius 3 is 2.52 bits per heavy atom. The van der Waals surface area contributed by atoms with Crippen molar-refractivity contribution in [1.82, 2.24) is 0 Å². The van der Waals surface area contributed by atoms with Crippen molar-refractivity contribution in [1.29, 1.82) is 0 Å². The Labute approximate surface area is 141 Å². The Bertz CT molecular complexity index is 468. The van der Waals surface area contributed by atoms with Gasteiger partial charge in [0.1, 0.15) is 30.8 Å². The van der Waals surface area contributed by atoms with Crippen LogP contribution in [0, 0.1) is 0 Å². The fourth-order valence-electron chi connectivity index (χ4n) is 2.56. The summed E-state index contributed by atoms with van der Waals surface area (Å²) in [7, 11) is 1.67. The molecule has 23 heavy (non-hydrogen) atoms. The second-order valence-electron chi connectivity index (χ2n) is 7.31. The zero-order chi connectivity index (χ0) is 17.5. The summed E-state index contributed by atoms with van der Waals surface area (Å²) < 4.78 is 11.2. The molecule has 0 unspecified atom stereocenters. The maximum Gasteiger partial charge on any atom is 0.137 e. The number of benzene rings is 1. The summed E-state index contributed by atoms with van der Waals surface area (Å²) in [5.74, 6) is 1.64. The van der Waals surface area contributed by atoms with Crippen molar-refractivity contribution in [3.63, 3.8) is 0 Å². The standard InChI is InChI=1S/C19H33NO3/c1-7-8-14(2)20-12-15(21)13-23-18-10-9-16(22-6)11-17(18)19(3,4)5/h9-11,14-15,20-21H,7-8,12-13H2,1-6H3/p+1/t14-,15-/m0/s1. The van der Waals surface area contributed by atoms with Gasteiger partial charge in [0.15, 0.2) is 0 Å². The highest BCUT2D eigenvalue weighted by atomic mass is 16.5. The van der Waals surface area contributed by atoms with Crippen molar-refractivity contribution >= 4 is 0 Å². The molecule has 1 aromatic carbocycles. The number of aliphatic hydroxyl groups is 1. The second kappa shape index (κ2) is 9.14. The topological polar surface area (TPSA) is 55.3 Å². The number of nitrogens with two attached hydrogens (primary N) is 1. The number of hydrogen-bond acceptors (Lipinski definition) is 3. The largest absolute Gasteiger partial charge is 0.497 e. The van der Waals surface area contributed by atoms with E-state index in [4.69, 9.17) is 9.47 Å². The lowest BCUT2D eigenvalue weighted by atomic mass is 9.86. The molecule has 2 atom stereocenters. The molecule has 0 aliphatic carbocycles. The van der Waals surface area contributed by atoms with Crippen LogP contribution in [-0.4, -0.2) is 37.5 Å². The van der Waals surface area contributed by atoms with Crippen LogP contribution in [-0.2, 0) is 5.41 Å². The van der Waals surface area contributed by atoms with Crippen LogP contribution >= 0.6 is 0 Å². The van der Waals surface area contributed by atoms with E-state index < -0.39 is 6.10 Å². The van der Waals surface area contributed by atoms with Gasteiger partial charge in [-0.3, -0.25) is 0 Å². The summed E-state index contributed by atoms with van der Waals surface area (Å²) in [5.41, 5.74) is 1.05. The molecule has 0 fully saturated rings. The van der Waals surface area contributed by atoms with Crippen LogP contribution in [0.4, 0.5) is 0 Å². The molecule has 0 radical (unpaired) electrons. The van der Waals surface area contributed by atoms with E-state index in [1.807, 2.05) is 18.2 Å². The average molecular weight is 324 g/mol. The second-order valence-corrected chi connectivity index (χ2v) is 7.31. The first-order valence-electron chi connectivity index (χ1n) is 8.60. The summed E-state index contributed by atoms with van der Waals surface area (Å²) in [5, 5.41) is 12.3. The molecular formula is C19H34NO3+. The van der Waals surface area contributed by atoms with Gasteiger partial charge in [0, 0.05) is 5.56 Å². The maximum atomic E-state index is 10.1. The highest BCUT2D eigenvalue weighted by Crippen LogP contribution is 2.34. The fourth-order valence-corrected chi connectivity index (χ4v) is 2.56. The smallest absolute Gasteiger partial charge is 0.137 e. The quantitative estimate of drug-likeness (QED) is 0.734. The number of methoxy groups -OCH3 is 1. The zero-order valence-corrected chi connectivity index (χ0v) is 15.6. The van der Waals surface area contributed by atoms with E-state index in [9.17, 15) is 5.11 Å². The lowest BCUT2D eigenvalue weighted by Gasteiger charge is -2.24. The van der Waals surface area contributed by atoms with Crippen LogP contribution in [0.3, 0.4) is 0 Å². The maximum absolute atomic E-state index is 10.1. The van der Waals surface area contributed by atoms with E-state index in [1.54, 1.807) is 7.11 Å². The molecule has 1 aromatic rings. The summed E-state index contributed by atoms with van der Waals surface area (Å²) in [6.45, 7) is 11.8. The Hall–Kier alpha value is -1.26. The molecule has 0 spiro atoms. The summed E-state index contributed by atoms with van der Waals surface area (Å²) in [6, 6.07) is 6.37. The Morgan fingerprint density at radius 1 is 1.26 bits per heavy atom. The van der Waals surface area contributed by atoms with Crippen molar-refractivity contribution in [3.8, 4) is 11.5 Å². The van der Waals surface area contributed by atoms with Gasteiger partial charge in [-0.25, -0.2) is 0 Å². The lowest BCUT2D eigenvalue weighted by molar-refractivity contribution is -0.692. The van der Waals surface area contributed by atoms with E-state index in [1.165, 1.54) is 12.8 Å². The highest BCUT2D eigenvalue weighted by molar-refractivity contribution is 5.44. The van der Waals surface area contributed by atoms with Crippen LogP contribution in [0.15, 0.2) is 18.2 Å². The van der Waals surface area contributed by atoms with Gasteiger partial charge in [-0.15, -0.1) is 0 Å². The molecule has 0 saturated heterocycles. The van der Waals surface area contributed by atoms with Gasteiger partial charge >= 0.3 is 0 Å². The third kappa shape index (κ3) is 6.80. The van der Waals surface area contributed by atoms with Crippen LogP contribution in [0.25, 0.3) is 0 Å². The van der Waals surface area contributed by atoms with Gasteiger partial charge in [-0.2, -0.15) is 0 Å². The number of quaternary nitrogens is 1. The fraction of sp³-hybridized carbons (Fsp3) is 0.684. The zero-order valence-electron chi connectivity index (χ0n) is 15.6. The molecule has 4 nitrogen and oxygen atoms in total. The molecule has 0 aliphatic heterocycles. The lowest BCUT2D eigenvalue weighted by Crippen LogP contribution is -2.91.